The molecule has 0 aliphatic carbocycles. The van der Waals surface area contributed by atoms with Crippen molar-refractivity contribution < 1.29 is 4.79 Å². The highest BCUT2D eigenvalue weighted by Gasteiger charge is 2.06. The van der Waals surface area contributed by atoms with E-state index >= 15 is 0 Å². The van der Waals surface area contributed by atoms with Gasteiger partial charge in [0.05, 0.1) is 0 Å². The zero-order chi connectivity index (χ0) is 19.9. The average molecular weight is 488 g/mol. The predicted octanol–water partition coefficient (Wildman–Crippen LogP) is 3.68. The first-order chi connectivity index (χ1) is 13.5. The number of pyridine rings is 1. The van der Waals surface area contributed by atoms with Crippen LogP contribution >= 0.6 is 22.6 Å². The Morgan fingerprint density at radius 2 is 1.71 bits per heavy atom. The average Bonchev–Trinajstić information content (AvgIpc) is 2.65. The van der Waals surface area contributed by atoms with Crippen molar-refractivity contribution in [2.24, 2.45) is 0 Å². The van der Waals surface area contributed by atoms with Gasteiger partial charge in [-0.05, 0) is 78.4 Å². The first-order valence-electron chi connectivity index (χ1n) is 8.82. The molecule has 0 radical (unpaired) electrons. The van der Waals surface area contributed by atoms with E-state index in [2.05, 4.69) is 53.5 Å². The number of nitrogens with one attached hydrogen (secondary N) is 3. The number of rotatable bonds is 7. The molecule has 0 atom stereocenters. The highest BCUT2D eigenvalue weighted by Crippen LogP contribution is 2.16. The van der Waals surface area contributed by atoms with Crippen LogP contribution in [0.15, 0.2) is 48.7 Å². The maximum atomic E-state index is 12.1. The third-order valence-corrected chi connectivity index (χ3v) is 4.55. The molecule has 0 unspecified atom stereocenters. The number of hydrogen-bond acceptors (Lipinski definition) is 6. The van der Waals surface area contributed by atoms with Gasteiger partial charge in [-0.15, -0.1) is 0 Å². The van der Waals surface area contributed by atoms with Crippen molar-refractivity contribution in [2.45, 2.75) is 13.8 Å². The summed E-state index contributed by atoms with van der Waals surface area (Å²) < 4.78 is 1.10. The van der Waals surface area contributed by atoms with Gasteiger partial charge >= 0.3 is 0 Å². The molecule has 0 saturated carbocycles. The zero-order valence-electron chi connectivity index (χ0n) is 15.7. The molecule has 0 spiro atoms. The van der Waals surface area contributed by atoms with Crippen molar-refractivity contribution in [3.63, 3.8) is 0 Å². The van der Waals surface area contributed by atoms with Crippen molar-refractivity contribution in [3.05, 3.63) is 69.2 Å². The van der Waals surface area contributed by atoms with Gasteiger partial charge in [-0.3, -0.25) is 4.79 Å². The molecule has 0 aliphatic rings. The van der Waals surface area contributed by atoms with Crippen molar-refractivity contribution in [2.75, 3.05) is 23.7 Å². The molecule has 0 fully saturated rings. The Morgan fingerprint density at radius 1 is 0.964 bits per heavy atom. The summed E-state index contributed by atoms with van der Waals surface area (Å²) in [5.41, 5.74) is 1.76. The molecule has 2 heterocycles. The third kappa shape index (κ3) is 5.88. The van der Waals surface area contributed by atoms with Gasteiger partial charge in [-0.1, -0.05) is 0 Å². The number of halogens is 1. The van der Waals surface area contributed by atoms with E-state index in [1.54, 1.807) is 6.20 Å². The van der Waals surface area contributed by atoms with Crippen LogP contribution in [-0.4, -0.2) is 33.9 Å². The van der Waals surface area contributed by atoms with E-state index in [-0.39, 0.29) is 5.91 Å². The molecule has 28 heavy (non-hydrogen) atoms. The number of hydrogen-bond donors (Lipinski definition) is 3. The lowest BCUT2D eigenvalue weighted by Gasteiger charge is -2.11. The number of carbonyl (C=O) groups excluding carboxylic acids is 1. The van der Waals surface area contributed by atoms with E-state index in [0.29, 0.717) is 36.1 Å². The Morgan fingerprint density at radius 3 is 2.46 bits per heavy atom. The smallest absolute Gasteiger partial charge is 0.251 e. The summed E-state index contributed by atoms with van der Waals surface area (Å²) in [6.45, 7) is 4.87. The fourth-order valence-corrected chi connectivity index (χ4v) is 2.89. The van der Waals surface area contributed by atoms with Crippen LogP contribution in [0.4, 0.5) is 17.5 Å². The fraction of sp³-hybridized carbons (Fsp3) is 0.200. The second kappa shape index (κ2) is 9.45. The molecule has 0 aliphatic heterocycles. The molecule has 0 bridgehead atoms. The third-order valence-electron chi connectivity index (χ3n) is 3.83. The summed E-state index contributed by atoms with van der Waals surface area (Å²) in [4.78, 5) is 25.2. The van der Waals surface area contributed by atoms with Crippen LogP contribution in [0.25, 0.3) is 0 Å². The van der Waals surface area contributed by atoms with E-state index in [9.17, 15) is 4.79 Å². The van der Waals surface area contributed by atoms with Crippen molar-refractivity contribution in [3.8, 4) is 0 Å². The van der Waals surface area contributed by atoms with Crippen molar-refractivity contribution >= 4 is 46.0 Å². The van der Waals surface area contributed by atoms with Crippen LogP contribution in [0.2, 0.25) is 0 Å². The van der Waals surface area contributed by atoms with Crippen LogP contribution in [0.1, 0.15) is 21.7 Å². The normalized spacial score (nSPS) is 10.4. The molecular formula is C20H21IN6O. The molecule has 1 aromatic carbocycles. The van der Waals surface area contributed by atoms with Crippen LogP contribution < -0.4 is 16.0 Å². The standard InChI is InChI=1S/C20H21IN6O/c1-13-7-8-22-17(11-13)27-19-12-18(25-14(2)26-19)23-9-10-24-20(28)15-3-5-16(21)6-4-15/h3-8,11-12H,9-10H2,1-2H3,(H,24,28)(H2,22,23,25,26,27). The minimum atomic E-state index is -0.0926. The van der Waals surface area contributed by atoms with Crippen LogP contribution in [0.5, 0.6) is 0 Å². The van der Waals surface area contributed by atoms with Gasteiger partial charge in [-0.25, -0.2) is 15.0 Å². The zero-order valence-corrected chi connectivity index (χ0v) is 17.8. The molecule has 7 nitrogen and oxygen atoms in total. The number of aryl methyl sites for hydroxylation is 2. The Kier molecular flexibility index (Phi) is 6.75. The summed E-state index contributed by atoms with van der Waals surface area (Å²) in [5, 5.41) is 9.29. The van der Waals surface area contributed by atoms with Gasteiger partial charge in [0.25, 0.3) is 5.91 Å². The van der Waals surface area contributed by atoms with E-state index in [1.165, 1.54) is 0 Å². The van der Waals surface area contributed by atoms with Gasteiger partial charge in [0, 0.05) is 34.5 Å². The van der Waals surface area contributed by atoms with Crippen LogP contribution in [0.3, 0.4) is 0 Å². The van der Waals surface area contributed by atoms with E-state index in [0.717, 1.165) is 15.0 Å². The summed E-state index contributed by atoms with van der Waals surface area (Å²) in [7, 11) is 0. The lowest BCUT2D eigenvalue weighted by molar-refractivity contribution is 0.0955. The highest BCUT2D eigenvalue weighted by molar-refractivity contribution is 14.1. The van der Waals surface area contributed by atoms with Gasteiger partial charge < -0.3 is 16.0 Å². The second-order valence-corrected chi connectivity index (χ2v) is 7.46. The van der Waals surface area contributed by atoms with Gasteiger partial charge in [0.1, 0.15) is 23.3 Å². The topological polar surface area (TPSA) is 91.8 Å². The molecule has 0 saturated heterocycles. The number of benzene rings is 1. The number of anilines is 3. The largest absolute Gasteiger partial charge is 0.368 e. The Labute approximate surface area is 177 Å². The molecule has 3 rings (SSSR count). The first kappa shape index (κ1) is 20.0. The Balaban J connectivity index is 1.53. The maximum absolute atomic E-state index is 12.1. The SMILES string of the molecule is Cc1ccnc(Nc2cc(NCCNC(=O)c3ccc(I)cc3)nc(C)n2)c1. The summed E-state index contributed by atoms with van der Waals surface area (Å²) in [6.07, 6.45) is 1.75. The number of carbonyl (C=O) groups is 1. The number of aromatic nitrogens is 3. The first-order valence-corrected chi connectivity index (χ1v) is 9.90. The summed E-state index contributed by atoms with van der Waals surface area (Å²) in [6, 6.07) is 13.2. The maximum Gasteiger partial charge on any atom is 0.251 e. The minimum absolute atomic E-state index is 0.0926. The quantitative estimate of drug-likeness (QED) is 0.347. The van der Waals surface area contributed by atoms with Gasteiger partial charge in [-0.2, -0.15) is 0 Å². The number of nitrogens with zero attached hydrogens (tertiary/aromatic N) is 3. The Hall–Kier alpha value is -2.75. The molecule has 144 valence electrons. The van der Waals surface area contributed by atoms with Gasteiger partial charge in [0.2, 0.25) is 0 Å². The van der Waals surface area contributed by atoms with E-state index in [4.69, 9.17) is 0 Å². The lowest BCUT2D eigenvalue weighted by Crippen LogP contribution is -2.28. The summed E-state index contributed by atoms with van der Waals surface area (Å²) in [5.74, 6) is 2.63. The van der Waals surface area contributed by atoms with Gasteiger partial charge in [0.15, 0.2) is 0 Å². The second-order valence-electron chi connectivity index (χ2n) is 6.22. The van der Waals surface area contributed by atoms with Crippen LogP contribution in [0, 0.1) is 17.4 Å². The monoisotopic (exact) mass is 488 g/mol. The molecule has 8 heteroatoms. The minimum Gasteiger partial charge on any atom is -0.368 e. The fourth-order valence-electron chi connectivity index (χ4n) is 2.53. The number of amides is 1. The predicted molar refractivity (Wildman–Crippen MR) is 119 cm³/mol. The van der Waals surface area contributed by atoms with E-state index < -0.39 is 0 Å². The molecule has 1 amide bonds. The summed E-state index contributed by atoms with van der Waals surface area (Å²) >= 11 is 2.21. The van der Waals surface area contributed by atoms with E-state index in [1.807, 2.05) is 56.3 Å². The van der Waals surface area contributed by atoms with Crippen molar-refractivity contribution in [1.29, 1.82) is 0 Å². The Bertz CT molecular complexity index is 961. The molecule has 3 N–H and O–H groups in total. The molecule has 2 aromatic heterocycles. The van der Waals surface area contributed by atoms with Crippen molar-refractivity contribution in [1.82, 2.24) is 20.3 Å². The lowest BCUT2D eigenvalue weighted by atomic mass is 10.2. The van der Waals surface area contributed by atoms with Crippen LogP contribution in [-0.2, 0) is 0 Å². The highest BCUT2D eigenvalue weighted by atomic mass is 127. The molecule has 3 aromatic rings. The molecular weight excluding hydrogens is 467 g/mol.